The van der Waals surface area contributed by atoms with Crippen molar-refractivity contribution in [2.24, 2.45) is 0 Å². The SMILES string of the molecule is OC(O)[C@@H]1COC[C@H](C(O)O)O1. The first-order valence-corrected chi connectivity index (χ1v) is 3.56. The maximum Gasteiger partial charge on any atom is 0.180 e. The van der Waals surface area contributed by atoms with Gasteiger partial charge in [0.05, 0.1) is 13.2 Å². The van der Waals surface area contributed by atoms with E-state index in [0.717, 1.165) is 0 Å². The van der Waals surface area contributed by atoms with E-state index < -0.39 is 24.8 Å². The molecule has 0 aliphatic carbocycles. The lowest BCUT2D eigenvalue weighted by atomic mass is 10.2. The molecule has 6 nitrogen and oxygen atoms in total. The molecule has 0 spiro atoms. The highest BCUT2D eigenvalue weighted by Gasteiger charge is 2.30. The van der Waals surface area contributed by atoms with E-state index in [1.807, 2.05) is 0 Å². The molecule has 0 amide bonds. The van der Waals surface area contributed by atoms with E-state index in [4.69, 9.17) is 29.9 Å². The lowest BCUT2D eigenvalue weighted by molar-refractivity contribution is -0.264. The normalized spacial score (nSPS) is 31.5. The van der Waals surface area contributed by atoms with E-state index in [-0.39, 0.29) is 13.2 Å². The third kappa shape index (κ3) is 2.37. The molecule has 0 aromatic rings. The van der Waals surface area contributed by atoms with Crippen LogP contribution in [-0.4, -0.2) is 58.4 Å². The van der Waals surface area contributed by atoms with Gasteiger partial charge in [0, 0.05) is 0 Å². The highest BCUT2D eigenvalue weighted by molar-refractivity contribution is 4.70. The molecule has 0 aromatic carbocycles. The molecular formula is C6H12O6. The number of hydrogen-bond acceptors (Lipinski definition) is 6. The van der Waals surface area contributed by atoms with Crippen LogP contribution in [0.2, 0.25) is 0 Å². The lowest BCUT2D eigenvalue weighted by Gasteiger charge is -2.31. The Bertz CT molecular complexity index is 122. The molecule has 1 fully saturated rings. The Hall–Kier alpha value is -0.240. The van der Waals surface area contributed by atoms with Gasteiger partial charge in [-0.3, -0.25) is 0 Å². The average molecular weight is 180 g/mol. The Morgan fingerprint density at radius 3 is 1.67 bits per heavy atom. The molecular weight excluding hydrogens is 168 g/mol. The van der Waals surface area contributed by atoms with Crippen LogP contribution in [0, 0.1) is 0 Å². The first-order valence-electron chi connectivity index (χ1n) is 3.56. The fraction of sp³-hybridized carbons (Fsp3) is 1.00. The molecule has 4 N–H and O–H groups in total. The van der Waals surface area contributed by atoms with E-state index >= 15 is 0 Å². The standard InChI is InChI=1S/C6H12O6/c7-5(8)3-1-11-2-4(12-3)6(9)10/h3-10H,1-2H2/t3-,4+. The highest BCUT2D eigenvalue weighted by atomic mass is 16.6. The van der Waals surface area contributed by atoms with Crippen LogP contribution >= 0.6 is 0 Å². The Morgan fingerprint density at radius 1 is 0.917 bits per heavy atom. The van der Waals surface area contributed by atoms with E-state index in [2.05, 4.69) is 0 Å². The molecule has 6 heteroatoms. The fourth-order valence-corrected chi connectivity index (χ4v) is 0.916. The molecule has 0 saturated carbocycles. The molecule has 1 aliphatic heterocycles. The second kappa shape index (κ2) is 4.13. The van der Waals surface area contributed by atoms with E-state index in [1.54, 1.807) is 0 Å². The minimum Gasteiger partial charge on any atom is -0.376 e. The van der Waals surface area contributed by atoms with Crippen LogP contribution < -0.4 is 0 Å². The fourth-order valence-electron chi connectivity index (χ4n) is 0.916. The van der Waals surface area contributed by atoms with Crippen LogP contribution in [0.15, 0.2) is 0 Å². The molecule has 2 atom stereocenters. The monoisotopic (exact) mass is 180 g/mol. The lowest BCUT2D eigenvalue weighted by Crippen LogP contribution is -2.47. The van der Waals surface area contributed by atoms with Gasteiger partial charge in [0.2, 0.25) is 0 Å². The zero-order valence-electron chi connectivity index (χ0n) is 6.33. The average Bonchev–Trinajstić information content (AvgIpc) is 2.04. The van der Waals surface area contributed by atoms with Crippen molar-refractivity contribution in [1.82, 2.24) is 0 Å². The summed E-state index contributed by atoms with van der Waals surface area (Å²) in [6, 6.07) is 0. The summed E-state index contributed by atoms with van der Waals surface area (Å²) in [5.74, 6) is 0. The minimum atomic E-state index is -1.66. The summed E-state index contributed by atoms with van der Waals surface area (Å²) >= 11 is 0. The predicted molar refractivity (Wildman–Crippen MR) is 35.9 cm³/mol. The Kier molecular flexibility index (Phi) is 3.39. The third-order valence-corrected chi connectivity index (χ3v) is 1.58. The van der Waals surface area contributed by atoms with Crippen molar-refractivity contribution in [1.29, 1.82) is 0 Å². The van der Waals surface area contributed by atoms with E-state index in [9.17, 15) is 0 Å². The van der Waals surface area contributed by atoms with Crippen molar-refractivity contribution in [3.05, 3.63) is 0 Å². The molecule has 1 aliphatic rings. The number of aliphatic hydroxyl groups is 4. The van der Waals surface area contributed by atoms with Gasteiger partial charge in [-0.15, -0.1) is 0 Å². The van der Waals surface area contributed by atoms with Crippen LogP contribution in [0.1, 0.15) is 0 Å². The smallest absolute Gasteiger partial charge is 0.180 e. The Labute approximate surface area is 69.0 Å². The first-order chi connectivity index (χ1) is 5.61. The third-order valence-electron chi connectivity index (χ3n) is 1.58. The highest BCUT2D eigenvalue weighted by Crippen LogP contribution is 2.11. The van der Waals surface area contributed by atoms with Gasteiger partial charge in [0.25, 0.3) is 0 Å². The van der Waals surface area contributed by atoms with E-state index in [0.29, 0.717) is 0 Å². The van der Waals surface area contributed by atoms with Gasteiger partial charge in [-0.2, -0.15) is 0 Å². The van der Waals surface area contributed by atoms with Crippen LogP contribution in [0.25, 0.3) is 0 Å². The second-order valence-electron chi connectivity index (χ2n) is 2.58. The number of hydrogen-bond donors (Lipinski definition) is 4. The van der Waals surface area contributed by atoms with Gasteiger partial charge in [0.1, 0.15) is 12.2 Å². The van der Waals surface area contributed by atoms with Crippen molar-refractivity contribution in [3.8, 4) is 0 Å². The molecule has 0 unspecified atom stereocenters. The summed E-state index contributed by atoms with van der Waals surface area (Å²) < 4.78 is 9.74. The Balaban J connectivity index is 2.40. The number of ether oxygens (including phenoxy) is 2. The maximum atomic E-state index is 8.66. The quantitative estimate of drug-likeness (QED) is 0.347. The summed E-state index contributed by atoms with van der Waals surface area (Å²) in [5, 5.41) is 34.7. The largest absolute Gasteiger partial charge is 0.376 e. The molecule has 72 valence electrons. The number of rotatable bonds is 2. The molecule has 1 heterocycles. The summed E-state index contributed by atoms with van der Waals surface area (Å²) in [7, 11) is 0. The first kappa shape index (κ1) is 9.85. The predicted octanol–water partition coefficient (Wildman–Crippen LogP) is -2.61. The maximum absolute atomic E-state index is 8.66. The van der Waals surface area contributed by atoms with Crippen molar-refractivity contribution in [2.75, 3.05) is 13.2 Å². The van der Waals surface area contributed by atoms with Crippen LogP contribution in [0.3, 0.4) is 0 Å². The summed E-state index contributed by atoms with van der Waals surface area (Å²) in [6.07, 6.45) is -5.14. The molecule has 12 heavy (non-hydrogen) atoms. The molecule has 0 bridgehead atoms. The number of aliphatic hydroxyl groups excluding tert-OH is 2. The van der Waals surface area contributed by atoms with Crippen LogP contribution in [0.5, 0.6) is 0 Å². The zero-order chi connectivity index (χ0) is 9.14. The molecule has 1 saturated heterocycles. The van der Waals surface area contributed by atoms with Gasteiger partial charge < -0.3 is 29.9 Å². The summed E-state index contributed by atoms with van der Waals surface area (Å²) in [5.41, 5.74) is 0. The van der Waals surface area contributed by atoms with Gasteiger partial charge >= 0.3 is 0 Å². The topological polar surface area (TPSA) is 99.4 Å². The van der Waals surface area contributed by atoms with Crippen molar-refractivity contribution < 1.29 is 29.9 Å². The van der Waals surface area contributed by atoms with Crippen LogP contribution in [-0.2, 0) is 9.47 Å². The zero-order valence-corrected chi connectivity index (χ0v) is 6.33. The molecule has 0 aromatic heterocycles. The van der Waals surface area contributed by atoms with Crippen LogP contribution in [0.4, 0.5) is 0 Å². The van der Waals surface area contributed by atoms with Crippen molar-refractivity contribution in [3.63, 3.8) is 0 Å². The van der Waals surface area contributed by atoms with Crippen molar-refractivity contribution >= 4 is 0 Å². The van der Waals surface area contributed by atoms with Crippen molar-refractivity contribution in [2.45, 2.75) is 24.8 Å². The van der Waals surface area contributed by atoms with Gasteiger partial charge in [-0.25, -0.2) is 0 Å². The van der Waals surface area contributed by atoms with E-state index in [1.165, 1.54) is 0 Å². The Morgan fingerprint density at radius 2 is 1.33 bits per heavy atom. The molecule has 1 rings (SSSR count). The molecule has 0 radical (unpaired) electrons. The van der Waals surface area contributed by atoms with Gasteiger partial charge in [-0.1, -0.05) is 0 Å². The van der Waals surface area contributed by atoms with Gasteiger partial charge in [-0.05, 0) is 0 Å². The summed E-state index contributed by atoms with van der Waals surface area (Å²) in [4.78, 5) is 0. The minimum absolute atomic E-state index is 0.0425. The van der Waals surface area contributed by atoms with Gasteiger partial charge in [0.15, 0.2) is 12.6 Å². The summed E-state index contributed by atoms with van der Waals surface area (Å²) in [6.45, 7) is 0.0851. The second-order valence-corrected chi connectivity index (χ2v) is 2.58.